The topological polar surface area (TPSA) is 220 Å². The van der Waals surface area contributed by atoms with E-state index in [9.17, 15) is 24.0 Å². The average molecular weight is 831 g/mol. The van der Waals surface area contributed by atoms with Crippen LogP contribution in [0.2, 0.25) is 0 Å². The van der Waals surface area contributed by atoms with Gasteiger partial charge in [-0.3, -0.25) is 38.8 Å². The van der Waals surface area contributed by atoms with Crippen LogP contribution in [0.15, 0.2) is 97.2 Å². The minimum atomic E-state index is -1.02. The Hall–Kier alpha value is -7.26. The molecular formula is C47H46N10O5. The highest BCUT2D eigenvalue weighted by Crippen LogP contribution is 2.40. The van der Waals surface area contributed by atoms with Gasteiger partial charge in [0.25, 0.3) is 11.8 Å². The molecule has 6 aromatic rings. The predicted octanol–water partition coefficient (Wildman–Crippen LogP) is 5.41. The molecule has 1 atom stereocenters. The lowest BCUT2D eigenvalue weighted by molar-refractivity contribution is -0.136. The summed E-state index contributed by atoms with van der Waals surface area (Å²) in [5, 5.41) is 8.47. The standard InChI is InChI=1S/C47H46N10O5/c48-41-33(10-5-26-52-41)42-54-36-18-17-34(53-43(36)56(42)31-15-13-30(14-16-31)47(49)22-6-23-47)29-8-3-7-28(27-29)12-20-38(58)51-25-2-1-24-50-35-11-4-9-32-40(35)46(62)57(45(32)61)37-19-21-39(59)55-44(37)60/h3-5,7-11,13-18,26-27,37,50H,1-2,6,12,19-25,49H2,(H2,48,52)(H,51,58)(H,55,59,60). The molecular weight excluding hydrogens is 785 g/mol. The van der Waals surface area contributed by atoms with Crippen molar-refractivity contribution in [3.8, 4) is 28.3 Å². The third-order valence-electron chi connectivity index (χ3n) is 12.1. The summed E-state index contributed by atoms with van der Waals surface area (Å²) in [6, 6.07) is 27.9. The maximum absolute atomic E-state index is 13.4. The van der Waals surface area contributed by atoms with Crippen LogP contribution < -0.4 is 27.4 Å². The van der Waals surface area contributed by atoms with Gasteiger partial charge in [0.05, 0.1) is 22.4 Å². The molecule has 9 rings (SSSR count). The fraction of sp³-hybridized carbons (Fsp3) is 0.277. The first-order chi connectivity index (χ1) is 30.1. The van der Waals surface area contributed by atoms with Gasteiger partial charge in [0.1, 0.15) is 17.4 Å². The Morgan fingerprint density at radius 2 is 1.66 bits per heavy atom. The van der Waals surface area contributed by atoms with Crippen LogP contribution in [-0.2, 0) is 26.3 Å². The molecule has 3 aromatic heterocycles. The largest absolute Gasteiger partial charge is 0.384 e. The molecule has 15 nitrogen and oxygen atoms in total. The zero-order valence-electron chi connectivity index (χ0n) is 34.0. The first-order valence-electron chi connectivity index (χ1n) is 21.0. The number of nitrogen functional groups attached to an aromatic ring is 1. The number of nitrogens with zero attached hydrogens (tertiary/aromatic N) is 5. The van der Waals surface area contributed by atoms with Gasteiger partial charge >= 0.3 is 0 Å². The minimum Gasteiger partial charge on any atom is -0.384 e. The second-order valence-electron chi connectivity index (χ2n) is 16.2. The maximum Gasteiger partial charge on any atom is 0.264 e. The Labute approximate surface area is 357 Å². The molecule has 314 valence electrons. The number of rotatable bonds is 14. The summed E-state index contributed by atoms with van der Waals surface area (Å²) in [6.07, 6.45) is 7.12. The number of aromatic nitrogens is 4. The van der Waals surface area contributed by atoms with E-state index in [2.05, 4.69) is 51.3 Å². The third-order valence-corrected chi connectivity index (χ3v) is 12.1. The van der Waals surface area contributed by atoms with E-state index in [1.54, 1.807) is 24.4 Å². The van der Waals surface area contributed by atoms with Crippen molar-refractivity contribution in [3.63, 3.8) is 0 Å². The molecule has 7 N–H and O–H groups in total. The Balaban J connectivity index is 0.809. The zero-order chi connectivity index (χ0) is 43.0. The van der Waals surface area contributed by atoms with Crippen molar-refractivity contribution in [2.45, 2.75) is 69.4 Å². The van der Waals surface area contributed by atoms with Gasteiger partial charge in [-0.1, -0.05) is 36.4 Å². The number of hydrogen-bond acceptors (Lipinski definition) is 11. The van der Waals surface area contributed by atoms with Crippen LogP contribution in [0.5, 0.6) is 0 Å². The molecule has 2 aliphatic heterocycles. The van der Waals surface area contributed by atoms with Crippen LogP contribution in [0.3, 0.4) is 0 Å². The van der Waals surface area contributed by atoms with Crippen molar-refractivity contribution in [3.05, 3.63) is 119 Å². The Kier molecular flexibility index (Phi) is 10.8. The molecule has 1 saturated heterocycles. The summed E-state index contributed by atoms with van der Waals surface area (Å²) < 4.78 is 2.01. The van der Waals surface area contributed by atoms with Crippen molar-refractivity contribution in [1.29, 1.82) is 0 Å². The molecule has 0 bridgehead atoms. The van der Waals surface area contributed by atoms with Crippen molar-refractivity contribution in [1.82, 2.24) is 35.1 Å². The monoisotopic (exact) mass is 830 g/mol. The number of anilines is 2. The van der Waals surface area contributed by atoms with E-state index in [0.29, 0.717) is 72.8 Å². The van der Waals surface area contributed by atoms with Gasteiger partial charge in [-0.2, -0.15) is 0 Å². The Morgan fingerprint density at radius 3 is 2.44 bits per heavy atom. The molecule has 0 spiro atoms. The highest BCUT2D eigenvalue weighted by molar-refractivity contribution is 6.25. The van der Waals surface area contributed by atoms with Crippen molar-refractivity contribution < 1.29 is 24.0 Å². The molecule has 3 aromatic carbocycles. The second kappa shape index (κ2) is 16.7. The van der Waals surface area contributed by atoms with Gasteiger partial charge in [-0.25, -0.2) is 15.0 Å². The van der Waals surface area contributed by atoms with Gasteiger partial charge in [0.2, 0.25) is 17.7 Å². The van der Waals surface area contributed by atoms with Crippen LogP contribution in [0.4, 0.5) is 11.5 Å². The van der Waals surface area contributed by atoms with Gasteiger partial charge in [-0.15, -0.1) is 0 Å². The molecule has 5 heterocycles. The number of carbonyl (C=O) groups is 5. The quantitative estimate of drug-likeness (QED) is 0.0690. The van der Waals surface area contributed by atoms with Gasteiger partial charge in [0, 0.05) is 54.6 Å². The summed E-state index contributed by atoms with van der Waals surface area (Å²) in [6.45, 7) is 0.980. The molecule has 5 amide bonds. The summed E-state index contributed by atoms with van der Waals surface area (Å²) in [4.78, 5) is 78.9. The van der Waals surface area contributed by atoms with Crippen LogP contribution in [-0.4, -0.2) is 73.1 Å². The van der Waals surface area contributed by atoms with E-state index < -0.39 is 29.7 Å². The van der Waals surface area contributed by atoms with E-state index in [0.717, 1.165) is 52.2 Å². The molecule has 1 saturated carbocycles. The number of pyridine rings is 2. The fourth-order valence-corrected chi connectivity index (χ4v) is 8.53. The maximum atomic E-state index is 13.4. The van der Waals surface area contributed by atoms with Crippen LogP contribution >= 0.6 is 0 Å². The van der Waals surface area contributed by atoms with E-state index in [-0.39, 0.29) is 35.4 Å². The number of benzene rings is 3. The van der Waals surface area contributed by atoms with Gasteiger partial charge in [-0.05, 0) is 111 Å². The molecule has 1 unspecified atom stereocenters. The lowest BCUT2D eigenvalue weighted by atomic mass is 9.73. The predicted molar refractivity (Wildman–Crippen MR) is 234 cm³/mol. The fourth-order valence-electron chi connectivity index (χ4n) is 8.53. The SMILES string of the molecule is Nc1ncccc1-c1nc2ccc(-c3cccc(CCC(=O)NCCCCNc4cccc5c4C(=O)N(C4CCC(=O)NC4=O)C5=O)c3)nc2n1-c1ccc(C2(N)CCC2)cc1. The molecule has 3 aliphatic rings. The van der Waals surface area contributed by atoms with Crippen molar-refractivity contribution in [2.24, 2.45) is 5.73 Å². The van der Waals surface area contributed by atoms with Gasteiger partial charge in [0.15, 0.2) is 11.5 Å². The number of hydrogen-bond donors (Lipinski definition) is 5. The number of nitrogens with one attached hydrogen (secondary N) is 3. The third kappa shape index (κ3) is 7.66. The molecule has 1 aliphatic carbocycles. The van der Waals surface area contributed by atoms with Crippen molar-refractivity contribution >= 4 is 52.2 Å². The Morgan fingerprint density at radius 1 is 0.871 bits per heavy atom. The highest BCUT2D eigenvalue weighted by Gasteiger charge is 2.45. The van der Waals surface area contributed by atoms with Crippen molar-refractivity contribution in [2.75, 3.05) is 24.1 Å². The number of aryl methyl sites for hydroxylation is 1. The van der Waals surface area contributed by atoms with E-state index >= 15 is 0 Å². The number of fused-ring (bicyclic) bond motifs is 2. The normalized spacial score (nSPS) is 16.9. The minimum absolute atomic E-state index is 0.0572. The summed E-state index contributed by atoms with van der Waals surface area (Å²) in [5.41, 5.74) is 20.4. The number of nitrogens with two attached hydrogens (primary N) is 2. The number of unbranched alkanes of at least 4 members (excludes halogenated alkanes) is 1. The van der Waals surface area contributed by atoms with E-state index in [1.807, 2.05) is 47.0 Å². The van der Waals surface area contributed by atoms with E-state index in [4.69, 9.17) is 21.4 Å². The van der Waals surface area contributed by atoms with Gasteiger partial charge < -0.3 is 22.1 Å². The summed E-state index contributed by atoms with van der Waals surface area (Å²) in [5.74, 6) is -1.22. The molecule has 62 heavy (non-hydrogen) atoms. The van der Waals surface area contributed by atoms with E-state index in [1.165, 1.54) is 0 Å². The number of carbonyl (C=O) groups excluding carboxylic acids is 5. The number of imide groups is 2. The lowest BCUT2D eigenvalue weighted by Gasteiger charge is -2.38. The summed E-state index contributed by atoms with van der Waals surface area (Å²) in [7, 11) is 0. The van der Waals surface area contributed by atoms with Crippen LogP contribution in [0.1, 0.15) is 83.2 Å². The zero-order valence-corrected chi connectivity index (χ0v) is 34.0. The second-order valence-corrected chi connectivity index (χ2v) is 16.2. The highest BCUT2D eigenvalue weighted by atomic mass is 16.2. The van der Waals surface area contributed by atoms with Crippen LogP contribution in [0.25, 0.3) is 39.5 Å². The number of amides is 5. The van der Waals surface area contributed by atoms with Crippen LogP contribution in [0, 0.1) is 0 Å². The first kappa shape index (κ1) is 40.2. The molecule has 0 radical (unpaired) electrons. The molecule has 2 fully saturated rings. The number of imidazole rings is 1. The molecule has 15 heteroatoms. The Bertz CT molecular complexity index is 2760. The first-order valence-corrected chi connectivity index (χ1v) is 21.0. The smallest absolute Gasteiger partial charge is 0.264 e. The number of piperidine rings is 1. The lowest BCUT2D eigenvalue weighted by Crippen LogP contribution is -2.54. The summed E-state index contributed by atoms with van der Waals surface area (Å²) >= 11 is 0. The average Bonchev–Trinajstić information content (AvgIpc) is 3.77.